The van der Waals surface area contributed by atoms with Gasteiger partial charge in [-0.1, -0.05) is 11.6 Å². The Morgan fingerprint density at radius 3 is 2.63 bits per heavy atom. The van der Waals surface area contributed by atoms with Gasteiger partial charge >= 0.3 is 6.03 Å². The lowest BCUT2D eigenvalue weighted by atomic mass is 10.1. The van der Waals surface area contributed by atoms with Crippen molar-refractivity contribution in [1.29, 1.82) is 0 Å². The SMILES string of the molecule is CC(C)NC(=O)Nc1n[nH]c2cc(OCC(=O)c3ccc(Cl)cc3)ccc12. The van der Waals surface area contributed by atoms with Gasteiger partial charge in [-0.3, -0.25) is 15.2 Å². The number of ether oxygens (including phenoxy) is 1. The zero-order valence-electron chi connectivity index (χ0n) is 14.9. The second-order valence-electron chi connectivity index (χ2n) is 6.25. The lowest BCUT2D eigenvalue weighted by Gasteiger charge is -2.08. The summed E-state index contributed by atoms with van der Waals surface area (Å²) in [4.78, 5) is 24.0. The van der Waals surface area contributed by atoms with Crippen LogP contribution in [0.5, 0.6) is 5.75 Å². The Balaban J connectivity index is 1.66. The van der Waals surface area contributed by atoms with E-state index in [-0.39, 0.29) is 24.5 Å². The molecule has 3 aromatic rings. The molecular formula is C19H19ClN4O3. The molecule has 0 bridgehead atoms. The molecule has 7 nitrogen and oxygen atoms in total. The van der Waals surface area contributed by atoms with Gasteiger partial charge < -0.3 is 10.1 Å². The molecule has 0 radical (unpaired) electrons. The van der Waals surface area contributed by atoms with Gasteiger partial charge in [-0.15, -0.1) is 0 Å². The quantitative estimate of drug-likeness (QED) is 0.558. The smallest absolute Gasteiger partial charge is 0.320 e. The van der Waals surface area contributed by atoms with Gasteiger partial charge in [-0.05, 0) is 50.2 Å². The van der Waals surface area contributed by atoms with Crippen LogP contribution in [0.1, 0.15) is 24.2 Å². The van der Waals surface area contributed by atoms with E-state index in [1.54, 1.807) is 42.5 Å². The van der Waals surface area contributed by atoms with Gasteiger partial charge in [-0.2, -0.15) is 5.10 Å². The van der Waals surface area contributed by atoms with Crippen molar-refractivity contribution in [3.63, 3.8) is 0 Å². The average molecular weight is 387 g/mol. The third kappa shape index (κ3) is 4.77. The van der Waals surface area contributed by atoms with Gasteiger partial charge in [-0.25, -0.2) is 4.79 Å². The molecule has 0 spiro atoms. The van der Waals surface area contributed by atoms with Crippen LogP contribution in [0.15, 0.2) is 42.5 Å². The van der Waals surface area contributed by atoms with E-state index in [2.05, 4.69) is 20.8 Å². The monoisotopic (exact) mass is 386 g/mol. The summed E-state index contributed by atoms with van der Waals surface area (Å²) in [7, 11) is 0. The van der Waals surface area contributed by atoms with Gasteiger partial charge in [0.2, 0.25) is 0 Å². The fraction of sp³-hybridized carbons (Fsp3) is 0.211. The predicted molar refractivity (Wildman–Crippen MR) is 105 cm³/mol. The Kier molecular flexibility index (Phi) is 5.61. The molecule has 8 heteroatoms. The third-order valence-corrected chi connectivity index (χ3v) is 3.97. The number of urea groups is 1. The number of amides is 2. The Bertz CT molecular complexity index is 967. The van der Waals surface area contributed by atoms with Crippen molar-refractivity contribution >= 4 is 40.1 Å². The van der Waals surface area contributed by atoms with Crippen molar-refractivity contribution in [2.45, 2.75) is 19.9 Å². The van der Waals surface area contributed by atoms with E-state index in [1.807, 2.05) is 13.8 Å². The number of carbonyl (C=O) groups excluding carboxylic acids is 2. The molecule has 1 aromatic heterocycles. The molecule has 140 valence electrons. The molecule has 2 amide bonds. The highest BCUT2D eigenvalue weighted by Crippen LogP contribution is 2.25. The Labute approximate surface area is 161 Å². The number of halogens is 1. The molecule has 0 saturated carbocycles. The molecule has 3 N–H and O–H groups in total. The minimum Gasteiger partial charge on any atom is -0.485 e. The summed E-state index contributed by atoms with van der Waals surface area (Å²) in [5.41, 5.74) is 1.22. The fourth-order valence-corrected chi connectivity index (χ4v) is 2.58. The molecule has 3 rings (SSSR count). The second-order valence-corrected chi connectivity index (χ2v) is 6.69. The highest BCUT2D eigenvalue weighted by Gasteiger charge is 2.12. The van der Waals surface area contributed by atoms with E-state index in [0.717, 1.165) is 5.39 Å². The number of hydrogen-bond donors (Lipinski definition) is 3. The third-order valence-electron chi connectivity index (χ3n) is 3.72. The zero-order chi connectivity index (χ0) is 19.4. The topological polar surface area (TPSA) is 96.1 Å². The highest BCUT2D eigenvalue weighted by atomic mass is 35.5. The lowest BCUT2D eigenvalue weighted by Crippen LogP contribution is -2.34. The molecule has 0 fully saturated rings. The Morgan fingerprint density at radius 1 is 1.19 bits per heavy atom. The molecule has 0 aliphatic carbocycles. The van der Waals surface area contributed by atoms with Gasteiger partial charge in [0.25, 0.3) is 0 Å². The van der Waals surface area contributed by atoms with Crippen molar-refractivity contribution in [1.82, 2.24) is 15.5 Å². The van der Waals surface area contributed by atoms with E-state index >= 15 is 0 Å². The number of nitrogens with zero attached hydrogens (tertiary/aromatic N) is 1. The number of rotatable bonds is 6. The van der Waals surface area contributed by atoms with Gasteiger partial charge in [0.05, 0.1) is 5.52 Å². The molecule has 1 heterocycles. The molecule has 2 aromatic carbocycles. The van der Waals surface area contributed by atoms with Crippen molar-refractivity contribution in [3.05, 3.63) is 53.1 Å². The second kappa shape index (κ2) is 8.09. The number of carbonyl (C=O) groups is 2. The van der Waals surface area contributed by atoms with E-state index < -0.39 is 0 Å². The summed E-state index contributed by atoms with van der Waals surface area (Å²) in [5, 5.41) is 13.7. The molecule has 0 atom stereocenters. The van der Waals surface area contributed by atoms with Crippen molar-refractivity contribution in [2.24, 2.45) is 0 Å². The lowest BCUT2D eigenvalue weighted by molar-refractivity contribution is 0.0921. The summed E-state index contributed by atoms with van der Waals surface area (Å²) in [6, 6.07) is 11.6. The molecule has 0 aliphatic heterocycles. The number of hydrogen-bond acceptors (Lipinski definition) is 4. The number of aromatic amines is 1. The van der Waals surface area contributed by atoms with Gasteiger partial charge in [0.15, 0.2) is 18.2 Å². The van der Waals surface area contributed by atoms with Crippen molar-refractivity contribution < 1.29 is 14.3 Å². The fourth-order valence-electron chi connectivity index (χ4n) is 2.46. The van der Waals surface area contributed by atoms with Crippen LogP contribution in [0.3, 0.4) is 0 Å². The first-order valence-electron chi connectivity index (χ1n) is 8.39. The Hall–Kier alpha value is -3.06. The largest absolute Gasteiger partial charge is 0.485 e. The van der Waals surface area contributed by atoms with Crippen LogP contribution < -0.4 is 15.4 Å². The maximum atomic E-state index is 12.2. The summed E-state index contributed by atoms with van der Waals surface area (Å²) >= 11 is 5.82. The van der Waals surface area contributed by atoms with Crippen LogP contribution in [0.4, 0.5) is 10.6 Å². The first kappa shape index (κ1) is 18.7. The number of fused-ring (bicyclic) bond motifs is 1. The summed E-state index contributed by atoms with van der Waals surface area (Å²) in [5.74, 6) is 0.794. The number of ketones is 1. The van der Waals surface area contributed by atoms with Crippen molar-refractivity contribution in [3.8, 4) is 5.75 Å². The van der Waals surface area contributed by atoms with Crippen LogP contribution in [0.2, 0.25) is 5.02 Å². The van der Waals surface area contributed by atoms with Crippen LogP contribution in [-0.4, -0.2) is 34.7 Å². The van der Waals surface area contributed by atoms with E-state index in [1.165, 1.54) is 0 Å². The van der Waals surface area contributed by atoms with E-state index in [4.69, 9.17) is 16.3 Å². The molecule has 0 unspecified atom stereocenters. The number of H-pyrrole nitrogens is 1. The Morgan fingerprint density at radius 2 is 1.93 bits per heavy atom. The first-order chi connectivity index (χ1) is 12.9. The molecule has 0 aliphatic rings. The number of benzene rings is 2. The highest BCUT2D eigenvalue weighted by molar-refractivity contribution is 6.30. The predicted octanol–water partition coefficient (Wildman–Crippen LogP) is 4.01. The first-order valence-corrected chi connectivity index (χ1v) is 8.77. The normalized spacial score (nSPS) is 10.8. The van der Waals surface area contributed by atoms with E-state index in [9.17, 15) is 9.59 Å². The summed E-state index contributed by atoms with van der Waals surface area (Å²) in [6.07, 6.45) is 0. The van der Waals surface area contributed by atoms with E-state index in [0.29, 0.717) is 27.7 Å². The van der Waals surface area contributed by atoms with Crippen LogP contribution in [-0.2, 0) is 0 Å². The maximum Gasteiger partial charge on any atom is 0.320 e. The minimum atomic E-state index is -0.327. The minimum absolute atomic E-state index is 0.0217. The maximum absolute atomic E-state index is 12.2. The molecular weight excluding hydrogens is 368 g/mol. The van der Waals surface area contributed by atoms with Gasteiger partial charge in [0, 0.05) is 28.1 Å². The zero-order valence-corrected chi connectivity index (χ0v) is 15.6. The number of aromatic nitrogens is 2. The van der Waals surface area contributed by atoms with Crippen LogP contribution >= 0.6 is 11.6 Å². The van der Waals surface area contributed by atoms with Crippen LogP contribution in [0.25, 0.3) is 10.9 Å². The van der Waals surface area contributed by atoms with Crippen LogP contribution in [0, 0.1) is 0 Å². The summed E-state index contributed by atoms with van der Waals surface area (Å²) in [6.45, 7) is 3.65. The van der Waals surface area contributed by atoms with Crippen molar-refractivity contribution in [2.75, 3.05) is 11.9 Å². The summed E-state index contributed by atoms with van der Waals surface area (Å²) < 4.78 is 5.57. The van der Waals surface area contributed by atoms with Gasteiger partial charge in [0.1, 0.15) is 5.75 Å². The standard InChI is InChI=1S/C19H19ClN4O3/c1-11(2)21-19(26)22-18-15-8-7-14(9-16(15)23-24-18)27-10-17(25)12-3-5-13(20)6-4-12/h3-9,11H,10H2,1-2H3,(H3,21,22,23,24,26). The number of anilines is 1. The number of Topliss-reactive ketones (excluding diaryl/α,β-unsaturated/α-hetero) is 1. The number of nitrogens with one attached hydrogen (secondary N) is 3. The molecule has 27 heavy (non-hydrogen) atoms. The molecule has 0 saturated heterocycles. The average Bonchev–Trinajstić information content (AvgIpc) is 3.01.